The molecule has 1 aliphatic heterocycles. The van der Waals surface area contributed by atoms with E-state index in [4.69, 9.17) is 10.2 Å². The van der Waals surface area contributed by atoms with Gasteiger partial charge in [0.15, 0.2) is 12.2 Å². The van der Waals surface area contributed by atoms with Crippen LogP contribution in [0.4, 0.5) is 0 Å². The average Bonchev–Trinajstić information content (AvgIpc) is 2.07. The fourth-order valence-corrected chi connectivity index (χ4v) is 1.03. The largest absolute Gasteiger partial charge is 0.885 e. The molecule has 1 fully saturated rings. The minimum atomic E-state index is -1.82. The smallest absolute Gasteiger partial charge is 0.587 e. The number of rotatable bonds is 0. The van der Waals surface area contributed by atoms with Crippen LogP contribution in [0.1, 0.15) is 0 Å². The van der Waals surface area contributed by atoms with Crippen molar-refractivity contribution in [1.29, 1.82) is 0 Å². The minimum Gasteiger partial charge on any atom is -0.587 e. The van der Waals surface area contributed by atoms with Gasteiger partial charge in [-0.3, -0.25) is 9.59 Å². The normalized spacial score (nSPS) is 31.5. The van der Waals surface area contributed by atoms with Crippen molar-refractivity contribution >= 4 is 27.8 Å². The lowest BCUT2D eigenvalue weighted by Crippen LogP contribution is -2.38. The van der Waals surface area contributed by atoms with Gasteiger partial charge in [-0.25, -0.2) is 0 Å². The molecule has 59 valence electrons. The second-order valence-corrected chi connectivity index (χ2v) is 2.52. The Balaban J connectivity index is 2.73. The lowest BCUT2D eigenvalue weighted by atomic mass is 10.2. The van der Waals surface area contributed by atoms with Gasteiger partial charge in [-0.1, -0.05) is 0 Å². The Kier molecular flexibility index (Phi) is 2.46. The molecule has 7 heteroatoms. The molecule has 0 bridgehead atoms. The molecule has 0 spiro atoms. The summed E-state index contributed by atoms with van der Waals surface area (Å²) >= 11 is -1.25. The summed E-state index contributed by atoms with van der Waals surface area (Å²) in [6.45, 7) is 0. The summed E-state index contributed by atoms with van der Waals surface area (Å²) in [4.78, 5) is 21.1. The average molecular weight is 175 g/mol. The van der Waals surface area contributed by atoms with Crippen molar-refractivity contribution < 1.29 is 27.4 Å². The molecule has 2 atom stereocenters. The van der Waals surface area contributed by atoms with Crippen molar-refractivity contribution in [3.05, 3.63) is 0 Å². The molecule has 1 heterocycles. The predicted molar refractivity (Wildman–Crippen MR) is 30.0 cm³/mol. The predicted octanol–water partition coefficient (Wildman–Crippen LogP) is -2.66. The highest BCUT2D eigenvalue weighted by atomic mass is 27.2. The van der Waals surface area contributed by atoms with Crippen LogP contribution in [0, 0.1) is 0 Å². The monoisotopic (exact) mass is 175 g/mol. The third kappa shape index (κ3) is 1.70. The molecule has 1 aliphatic rings. The topological polar surface area (TPSA) is 93.1 Å². The summed E-state index contributed by atoms with van der Waals surface area (Å²) < 4.78 is 8.49. The fourth-order valence-electron chi connectivity index (χ4n) is 0.516. The zero-order valence-electron chi connectivity index (χ0n) is 5.26. The number of carbonyl (C=O) groups is 2. The van der Waals surface area contributed by atoms with E-state index in [0.29, 0.717) is 0 Å². The number of hydrogen-bond acceptors (Lipinski definition) is 6. The zero-order chi connectivity index (χ0) is 8.43. The molecule has 0 aromatic rings. The molecule has 1 rings (SSSR count). The third-order valence-electron chi connectivity index (χ3n) is 1.11. The van der Waals surface area contributed by atoms with Gasteiger partial charge in [0.2, 0.25) is 0 Å². The molecule has 11 heavy (non-hydrogen) atoms. The first-order valence-electron chi connectivity index (χ1n) is 2.71. The van der Waals surface area contributed by atoms with Gasteiger partial charge in [-0.05, 0) is 0 Å². The van der Waals surface area contributed by atoms with Gasteiger partial charge in [-0.15, -0.1) is 0 Å². The lowest BCUT2D eigenvalue weighted by molar-refractivity contribution is -0.156. The van der Waals surface area contributed by atoms with E-state index in [-0.39, 0.29) is 0 Å². The number of aliphatic hydroxyl groups excluding tert-OH is 2. The first kappa shape index (κ1) is 8.49. The van der Waals surface area contributed by atoms with Crippen LogP contribution in [0.5, 0.6) is 0 Å². The van der Waals surface area contributed by atoms with Crippen LogP contribution in [0.2, 0.25) is 0 Å². The third-order valence-corrected chi connectivity index (χ3v) is 1.77. The van der Waals surface area contributed by atoms with Crippen LogP contribution in [0.15, 0.2) is 0 Å². The molecular formula is C4H4AlO6. The maximum absolute atomic E-state index is 10.5. The molecule has 0 saturated carbocycles. The Morgan fingerprint density at radius 3 is 1.82 bits per heavy atom. The van der Waals surface area contributed by atoms with Crippen LogP contribution in [0.25, 0.3) is 0 Å². The first-order chi connectivity index (χ1) is 5.13. The quantitative estimate of drug-likeness (QED) is 0.390. The van der Waals surface area contributed by atoms with Crippen LogP contribution in [0.3, 0.4) is 0 Å². The molecule has 6 nitrogen and oxygen atoms in total. The van der Waals surface area contributed by atoms with Gasteiger partial charge >= 0.3 is 27.8 Å². The Bertz CT molecular complexity index is 171. The van der Waals surface area contributed by atoms with E-state index >= 15 is 0 Å². The highest BCUT2D eigenvalue weighted by molar-refractivity contribution is 6.27. The zero-order valence-corrected chi connectivity index (χ0v) is 6.41. The second-order valence-electron chi connectivity index (χ2n) is 1.86. The van der Waals surface area contributed by atoms with Crippen molar-refractivity contribution in [3.8, 4) is 0 Å². The maximum atomic E-state index is 10.5. The fraction of sp³-hybridized carbons (Fsp3) is 0.500. The van der Waals surface area contributed by atoms with Crippen LogP contribution in [-0.4, -0.2) is 50.2 Å². The summed E-state index contributed by atoms with van der Waals surface area (Å²) in [5, 5.41) is 17.6. The lowest BCUT2D eigenvalue weighted by Gasteiger charge is -2.09. The summed E-state index contributed by atoms with van der Waals surface area (Å²) in [6, 6.07) is 0. The molecule has 0 aliphatic carbocycles. The number of carbonyl (C=O) groups excluding carboxylic acids is 2. The standard InChI is InChI=1S/C4H6O6.Al/c5-1(3(7)8)2(6)4(9)10;/h1-2,5-6H,(H,7,8)(H,9,10);/q;+2/p-2. The Morgan fingerprint density at radius 1 is 1.09 bits per heavy atom. The number of hydrogen-bond donors (Lipinski definition) is 2. The van der Waals surface area contributed by atoms with Gasteiger partial charge in [0.05, 0.1) is 0 Å². The van der Waals surface area contributed by atoms with Crippen molar-refractivity contribution in [2.75, 3.05) is 0 Å². The van der Waals surface area contributed by atoms with Crippen molar-refractivity contribution in [2.24, 2.45) is 0 Å². The van der Waals surface area contributed by atoms with Crippen LogP contribution >= 0.6 is 0 Å². The molecule has 2 unspecified atom stereocenters. The molecule has 0 aromatic heterocycles. The van der Waals surface area contributed by atoms with Crippen molar-refractivity contribution in [1.82, 2.24) is 0 Å². The van der Waals surface area contributed by atoms with E-state index in [1.54, 1.807) is 0 Å². The van der Waals surface area contributed by atoms with Gasteiger partial charge in [0.25, 0.3) is 0 Å². The SMILES string of the molecule is O=C1[O][Al][O]C(=O)C(O)C1O. The van der Waals surface area contributed by atoms with Gasteiger partial charge in [0, 0.05) is 0 Å². The molecule has 2 N–H and O–H groups in total. The van der Waals surface area contributed by atoms with Gasteiger partial charge < -0.3 is 17.8 Å². The molecule has 0 amide bonds. The first-order valence-corrected chi connectivity index (χ1v) is 3.66. The van der Waals surface area contributed by atoms with Crippen molar-refractivity contribution in [3.63, 3.8) is 0 Å². The van der Waals surface area contributed by atoms with Gasteiger partial charge in [0.1, 0.15) is 0 Å². The van der Waals surface area contributed by atoms with E-state index < -0.39 is 40.0 Å². The second kappa shape index (κ2) is 3.19. The Hall–Kier alpha value is -0.608. The van der Waals surface area contributed by atoms with Gasteiger partial charge in [-0.2, -0.15) is 0 Å². The molecule has 1 saturated heterocycles. The van der Waals surface area contributed by atoms with E-state index in [9.17, 15) is 9.59 Å². The highest BCUT2D eigenvalue weighted by Crippen LogP contribution is 2.02. The van der Waals surface area contributed by atoms with E-state index in [1.807, 2.05) is 0 Å². The van der Waals surface area contributed by atoms with Crippen LogP contribution < -0.4 is 0 Å². The highest BCUT2D eigenvalue weighted by Gasteiger charge is 2.37. The van der Waals surface area contributed by atoms with E-state index in [2.05, 4.69) is 7.58 Å². The summed E-state index contributed by atoms with van der Waals surface area (Å²) in [6.07, 6.45) is -3.64. The van der Waals surface area contributed by atoms with Crippen LogP contribution in [-0.2, 0) is 17.2 Å². The minimum absolute atomic E-state index is 1.03. The summed E-state index contributed by atoms with van der Waals surface area (Å²) in [7, 11) is 0. The Labute approximate surface area is 68.1 Å². The number of aliphatic hydroxyl groups is 2. The molecule has 0 aromatic carbocycles. The van der Waals surface area contributed by atoms with Crippen molar-refractivity contribution in [2.45, 2.75) is 12.2 Å². The molecule has 1 radical (unpaired) electrons. The summed E-state index contributed by atoms with van der Waals surface area (Å²) in [5.74, 6) is -2.06. The Morgan fingerprint density at radius 2 is 1.45 bits per heavy atom. The van der Waals surface area contributed by atoms with E-state index in [0.717, 1.165) is 0 Å². The van der Waals surface area contributed by atoms with E-state index in [1.165, 1.54) is 0 Å². The summed E-state index contributed by atoms with van der Waals surface area (Å²) in [5.41, 5.74) is 0. The maximum Gasteiger partial charge on any atom is 0.885 e. The molecular weight excluding hydrogens is 171 g/mol.